The maximum absolute atomic E-state index is 13.2. The maximum atomic E-state index is 13.2. The molecule has 2 aromatic carbocycles. The third kappa shape index (κ3) is 5.01. The maximum Gasteiger partial charge on any atom is 0.331 e. The Morgan fingerprint density at radius 3 is 2.11 bits per heavy atom. The highest BCUT2D eigenvalue weighted by Gasteiger charge is 2.13. The van der Waals surface area contributed by atoms with Crippen LogP contribution in [0.1, 0.15) is 26.2 Å². The first-order chi connectivity index (χ1) is 16.9. The fourth-order valence-corrected chi connectivity index (χ4v) is 4.23. The Bertz CT molecular complexity index is 1630. The molecule has 10 heteroatoms. The van der Waals surface area contributed by atoms with Crippen molar-refractivity contribution in [3.63, 3.8) is 0 Å². The summed E-state index contributed by atoms with van der Waals surface area (Å²) in [6.45, 7) is 2.50. The number of nitrogens with one attached hydrogen (secondary N) is 2. The smallest absolute Gasteiger partial charge is 0.331 e. The summed E-state index contributed by atoms with van der Waals surface area (Å²) in [5.41, 5.74) is -0.557. The number of H-pyrrole nitrogens is 1. The van der Waals surface area contributed by atoms with Gasteiger partial charge < -0.3 is 10.3 Å². The number of aromatic nitrogens is 4. The number of rotatable bonds is 9. The summed E-state index contributed by atoms with van der Waals surface area (Å²) in [4.78, 5) is 65.0. The molecule has 0 saturated heterocycles. The van der Waals surface area contributed by atoms with Crippen LogP contribution in [0.4, 0.5) is 0 Å². The van der Waals surface area contributed by atoms with Crippen LogP contribution in [0.2, 0.25) is 0 Å². The average Bonchev–Trinajstić information content (AvgIpc) is 2.84. The molecule has 182 valence electrons. The Balaban J connectivity index is 1.54. The highest BCUT2D eigenvalue weighted by molar-refractivity contribution is 5.78. The number of benzene rings is 2. The molecule has 0 unspecified atom stereocenters. The Labute approximate surface area is 199 Å². The highest BCUT2D eigenvalue weighted by Crippen LogP contribution is 2.09. The van der Waals surface area contributed by atoms with Crippen LogP contribution < -0.4 is 27.8 Å². The lowest BCUT2D eigenvalue weighted by atomic mass is 10.2. The predicted molar refractivity (Wildman–Crippen MR) is 134 cm³/mol. The summed E-state index contributed by atoms with van der Waals surface area (Å²) in [5.74, 6) is -0.169. The van der Waals surface area contributed by atoms with Crippen molar-refractivity contribution in [2.45, 2.75) is 45.8 Å². The molecule has 0 radical (unpaired) electrons. The molecule has 0 aliphatic rings. The van der Waals surface area contributed by atoms with Gasteiger partial charge in [-0.1, -0.05) is 24.3 Å². The Morgan fingerprint density at radius 1 is 0.771 bits per heavy atom. The van der Waals surface area contributed by atoms with Gasteiger partial charge in [0, 0.05) is 33.1 Å². The molecule has 10 nitrogen and oxygen atoms in total. The van der Waals surface area contributed by atoms with Gasteiger partial charge in [0.25, 0.3) is 11.1 Å². The van der Waals surface area contributed by atoms with Crippen molar-refractivity contribution in [2.24, 2.45) is 0 Å². The molecule has 2 aromatic heterocycles. The first-order valence-electron chi connectivity index (χ1n) is 11.6. The lowest BCUT2D eigenvalue weighted by Crippen LogP contribution is -2.41. The van der Waals surface area contributed by atoms with Crippen molar-refractivity contribution in [1.29, 1.82) is 0 Å². The van der Waals surface area contributed by atoms with Crippen molar-refractivity contribution >= 4 is 27.7 Å². The number of hydrogen-bond acceptors (Lipinski definition) is 5. The summed E-state index contributed by atoms with van der Waals surface area (Å²) in [6, 6.07) is 13.8. The highest BCUT2D eigenvalue weighted by atomic mass is 16.2. The number of nitrogens with zero attached hydrogens (tertiary/aromatic N) is 3. The number of para-hydroxylation sites is 2. The van der Waals surface area contributed by atoms with Crippen LogP contribution in [-0.2, 0) is 24.4 Å². The average molecular weight is 478 g/mol. The summed E-state index contributed by atoms with van der Waals surface area (Å²) < 4.78 is 3.93. The second kappa shape index (κ2) is 10.4. The Kier molecular flexibility index (Phi) is 7.09. The van der Waals surface area contributed by atoms with Gasteiger partial charge in [0.2, 0.25) is 5.91 Å². The van der Waals surface area contributed by atoms with E-state index in [2.05, 4.69) is 10.3 Å². The minimum Gasteiger partial charge on any atom is -0.356 e. The summed E-state index contributed by atoms with van der Waals surface area (Å²) in [6.07, 6.45) is 1.46. The molecular weight excluding hydrogens is 450 g/mol. The third-order valence-corrected chi connectivity index (χ3v) is 5.97. The van der Waals surface area contributed by atoms with Gasteiger partial charge in [-0.15, -0.1) is 0 Å². The zero-order chi connectivity index (χ0) is 24.9. The second-order valence-electron chi connectivity index (χ2n) is 8.38. The monoisotopic (exact) mass is 477 g/mol. The van der Waals surface area contributed by atoms with Crippen LogP contribution in [0, 0.1) is 0 Å². The number of hydrogen-bond donors (Lipinski definition) is 2. The van der Waals surface area contributed by atoms with Crippen LogP contribution >= 0.6 is 0 Å². The molecule has 0 atom stereocenters. The number of aromatic amines is 1. The molecule has 0 aliphatic heterocycles. The van der Waals surface area contributed by atoms with Crippen LogP contribution in [-0.4, -0.2) is 31.1 Å². The van der Waals surface area contributed by atoms with Gasteiger partial charge in [-0.05, 0) is 43.5 Å². The molecule has 0 bridgehead atoms. The van der Waals surface area contributed by atoms with Crippen LogP contribution in [0.25, 0.3) is 21.8 Å². The lowest BCUT2D eigenvalue weighted by Gasteiger charge is -2.14. The van der Waals surface area contributed by atoms with E-state index in [4.69, 9.17) is 0 Å². The minimum atomic E-state index is -0.468. The molecule has 4 aromatic rings. The molecule has 0 spiro atoms. The van der Waals surface area contributed by atoms with Crippen molar-refractivity contribution in [2.75, 3.05) is 6.54 Å². The van der Waals surface area contributed by atoms with E-state index in [1.54, 1.807) is 53.1 Å². The molecule has 2 N–H and O–H groups in total. The van der Waals surface area contributed by atoms with Crippen LogP contribution in [0.5, 0.6) is 0 Å². The lowest BCUT2D eigenvalue weighted by molar-refractivity contribution is -0.118. The van der Waals surface area contributed by atoms with Gasteiger partial charge >= 0.3 is 11.4 Å². The van der Waals surface area contributed by atoms with E-state index in [1.165, 1.54) is 16.1 Å². The standard InChI is InChI=1S/C25H27N5O5/c1-17(31)26-13-8-16-30-23(33)19-10-3-5-12-21(19)28(25(30)35)14-6-7-15-29-22(32)18-9-2-4-11-20(18)27-24(29)34/h2-5,9-12H,6-8,13-16H2,1H3,(H,26,31)(H,27,34). The van der Waals surface area contributed by atoms with Gasteiger partial charge in [-0.25, -0.2) is 9.59 Å². The van der Waals surface area contributed by atoms with E-state index in [0.717, 1.165) is 0 Å². The van der Waals surface area contributed by atoms with Gasteiger partial charge in [0.1, 0.15) is 0 Å². The van der Waals surface area contributed by atoms with Gasteiger partial charge in [-0.3, -0.25) is 28.1 Å². The first kappa shape index (κ1) is 23.9. The van der Waals surface area contributed by atoms with Crippen LogP contribution in [0.3, 0.4) is 0 Å². The second-order valence-corrected chi connectivity index (χ2v) is 8.38. The van der Waals surface area contributed by atoms with Gasteiger partial charge in [-0.2, -0.15) is 0 Å². The molecule has 4 rings (SSSR count). The van der Waals surface area contributed by atoms with E-state index in [-0.39, 0.29) is 30.1 Å². The normalized spacial score (nSPS) is 11.2. The fraction of sp³-hybridized carbons (Fsp3) is 0.320. The SMILES string of the molecule is CC(=O)NCCCn1c(=O)c2ccccc2n(CCCCn2c(=O)[nH]c3ccccc3c2=O)c1=O. The number of carbonyl (C=O) groups is 1. The number of aryl methyl sites for hydroxylation is 1. The topological polar surface area (TPSA) is 128 Å². The third-order valence-electron chi connectivity index (χ3n) is 5.97. The zero-order valence-corrected chi connectivity index (χ0v) is 19.5. The molecular formula is C25H27N5O5. The van der Waals surface area contributed by atoms with Gasteiger partial charge in [0.05, 0.1) is 21.8 Å². The quantitative estimate of drug-likeness (QED) is 0.350. The molecule has 2 heterocycles. The molecule has 0 fully saturated rings. The predicted octanol–water partition coefficient (Wildman–Crippen LogP) is 1.17. The van der Waals surface area contributed by atoms with E-state index in [1.807, 2.05) is 0 Å². The number of fused-ring (bicyclic) bond motifs is 2. The van der Waals surface area contributed by atoms with Crippen molar-refractivity contribution in [3.8, 4) is 0 Å². The van der Waals surface area contributed by atoms with Crippen LogP contribution in [0.15, 0.2) is 67.7 Å². The summed E-state index contributed by atoms with van der Waals surface area (Å²) in [5, 5.41) is 3.55. The van der Waals surface area contributed by atoms with Crippen molar-refractivity contribution in [1.82, 2.24) is 24.0 Å². The largest absolute Gasteiger partial charge is 0.356 e. The van der Waals surface area contributed by atoms with E-state index in [0.29, 0.717) is 54.2 Å². The number of carbonyl (C=O) groups excluding carboxylic acids is 1. The number of amides is 1. The number of unbranched alkanes of at least 4 members (excludes halogenated alkanes) is 1. The van der Waals surface area contributed by atoms with E-state index in [9.17, 15) is 24.0 Å². The van der Waals surface area contributed by atoms with E-state index >= 15 is 0 Å². The Morgan fingerprint density at radius 2 is 1.37 bits per heavy atom. The molecule has 1 amide bonds. The summed E-state index contributed by atoms with van der Waals surface area (Å²) in [7, 11) is 0. The summed E-state index contributed by atoms with van der Waals surface area (Å²) >= 11 is 0. The molecule has 35 heavy (non-hydrogen) atoms. The fourth-order valence-electron chi connectivity index (χ4n) is 4.23. The molecule has 0 saturated carbocycles. The van der Waals surface area contributed by atoms with Crippen molar-refractivity contribution < 1.29 is 4.79 Å². The zero-order valence-electron chi connectivity index (χ0n) is 19.5. The molecule has 0 aliphatic carbocycles. The minimum absolute atomic E-state index is 0.169. The van der Waals surface area contributed by atoms with Crippen molar-refractivity contribution in [3.05, 3.63) is 90.2 Å². The van der Waals surface area contributed by atoms with E-state index < -0.39 is 11.4 Å². The first-order valence-corrected chi connectivity index (χ1v) is 11.6. The Hall–Kier alpha value is -4.21. The van der Waals surface area contributed by atoms with Gasteiger partial charge in [0.15, 0.2) is 0 Å².